The molecule has 1 aliphatic rings. The number of ether oxygens (including phenoxy) is 1. The van der Waals surface area contributed by atoms with Gasteiger partial charge in [0, 0.05) is 17.9 Å². The summed E-state index contributed by atoms with van der Waals surface area (Å²) in [5, 5.41) is 3.34. The molecule has 0 amide bonds. The van der Waals surface area contributed by atoms with Crippen molar-refractivity contribution in [2.75, 3.05) is 13.2 Å². The lowest BCUT2D eigenvalue weighted by Gasteiger charge is -2.12. The maximum absolute atomic E-state index is 5.48. The SMILES string of the molecule is Cc1cc2ncn([C@H](C)c3nc([C@H]4CCOC4)cs3)c2cc1C. The molecule has 5 heteroatoms. The zero-order valence-electron chi connectivity index (χ0n) is 13.7. The summed E-state index contributed by atoms with van der Waals surface area (Å²) >= 11 is 1.74. The lowest BCUT2D eigenvalue weighted by Crippen LogP contribution is -2.06. The van der Waals surface area contributed by atoms with E-state index in [1.54, 1.807) is 11.3 Å². The fraction of sp³-hybridized carbons (Fsp3) is 0.444. The molecule has 1 saturated heterocycles. The number of benzene rings is 1. The van der Waals surface area contributed by atoms with Gasteiger partial charge in [-0.25, -0.2) is 9.97 Å². The van der Waals surface area contributed by atoms with E-state index >= 15 is 0 Å². The smallest absolute Gasteiger partial charge is 0.116 e. The van der Waals surface area contributed by atoms with Gasteiger partial charge < -0.3 is 9.30 Å². The van der Waals surface area contributed by atoms with Crippen LogP contribution in [0.3, 0.4) is 0 Å². The van der Waals surface area contributed by atoms with Crippen molar-refractivity contribution in [3.63, 3.8) is 0 Å². The molecule has 0 radical (unpaired) electrons. The van der Waals surface area contributed by atoms with Crippen LogP contribution in [-0.4, -0.2) is 27.7 Å². The van der Waals surface area contributed by atoms with Crippen LogP contribution >= 0.6 is 11.3 Å². The van der Waals surface area contributed by atoms with Crippen LogP contribution in [0.15, 0.2) is 23.8 Å². The first-order valence-electron chi connectivity index (χ1n) is 8.10. The maximum atomic E-state index is 5.48. The number of thiazole rings is 1. The molecule has 4 rings (SSSR count). The molecule has 0 spiro atoms. The Hall–Kier alpha value is -1.72. The molecule has 1 aliphatic heterocycles. The number of imidazole rings is 1. The monoisotopic (exact) mass is 327 g/mol. The van der Waals surface area contributed by atoms with E-state index in [2.05, 4.69) is 47.8 Å². The number of fused-ring (bicyclic) bond motifs is 1. The fourth-order valence-corrected chi connectivity index (χ4v) is 4.11. The van der Waals surface area contributed by atoms with Crippen LogP contribution in [-0.2, 0) is 4.74 Å². The number of nitrogens with zero attached hydrogens (tertiary/aromatic N) is 3. The van der Waals surface area contributed by atoms with Crippen molar-refractivity contribution in [2.45, 2.75) is 39.2 Å². The minimum atomic E-state index is 0.197. The fourth-order valence-electron chi connectivity index (χ4n) is 3.16. The number of aromatic nitrogens is 3. The van der Waals surface area contributed by atoms with Crippen molar-refractivity contribution < 1.29 is 4.74 Å². The van der Waals surface area contributed by atoms with E-state index in [0.717, 1.165) is 30.2 Å². The molecule has 0 bridgehead atoms. The van der Waals surface area contributed by atoms with Gasteiger partial charge in [-0.3, -0.25) is 0 Å². The maximum Gasteiger partial charge on any atom is 0.116 e. The highest BCUT2D eigenvalue weighted by Crippen LogP contribution is 2.31. The molecule has 0 aliphatic carbocycles. The third-order valence-electron chi connectivity index (χ3n) is 4.85. The van der Waals surface area contributed by atoms with Crippen LogP contribution in [0.2, 0.25) is 0 Å². The Morgan fingerprint density at radius 3 is 2.91 bits per heavy atom. The molecule has 2 aromatic heterocycles. The van der Waals surface area contributed by atoms with Crippen molar-refractivity contribution in [3.8, 4) is 0 Å². The molecule has 2 atom stereocenters. The topological polar surface area (TPSA) is 39.9 Å². The Kier molecular flexibility index (Phi) is 3.70. The third-order valence-corrected chi connectivity index (χ3v) is 5.89. The Balaban J connectivity index is 1.69. The Morgan fingerprint density at radius 2 is 2.13 bits per heavy atom. The van der Waals surface area contributed by atoms with Crippen molar-refractivity contribution in [1.29, 1.82) is 0 Å². The van der Waals surface area contributed by atoms with Gasteiger partial charge in [0.05, 0.1) is 35.7 Å². The van der Waals surface area contributed by atoms with E-state index in [-0.39, 0.29) is 6.04 Å². The Morgan fingerprint density at radius 1 is 1.30 bits per heavy atom. The van der Waals surface area contributed by atoms with Crippen LogP contribution in [0.1, 0.15) is 47.1 Å². The Bertz CT molecular complexity index is 845. The van der Waals surface area contributed by atoms with E-state index in [4.69, 9.17) is 9.72 Å². The average Bonchev–Trinajstić information content (AvgIpc) is 3.27. The number of aryl methyl sites for hydroxylation is 2. The van der Waals surface area contributed by atoms with E-state index in [0.29, 0.717) is 5.92 Å². The van der Waals surface area contributed by atoms with E-state index in [9.17, 15) is 0 Å². The highest BCUT2D eigenvalue weighted by atomic mass is 32.1. The van der Waals surface area contributed by atoms with Gasteiger partial charge in [0.25, 0.3) is 0 Å². The minimum Gasteiger partial charge on any atom is -0.381 e. The summed E-state index contributed by atoms with van der Waals surface area (Å²) in [7, 11) is 0. The second-order valence-corrected chi connectivity index (χ2v) is 7.31. The van der Waals surface area contributed by atoms with Crippen molar-refractivity contribution in [3.05, 3.63) is 45.7 Å². The molecule has 120 valence electrons. The predicted octanol–water partition coefficient (Wildman–Crippen LogP) is 4.22. The van der Waals surface area contributed by atoms with Crippen LogP contribution in [0, 0.1) is 13.8 Å². The molecule has 1 fully saturated rings. The molecule has 4 nitrogen and oxygen atoms in total. The Labute approximate surface area is 140 Å². The number of hydrogen-bond donors (Lipinski definition) is 0. The van der Waals surface area contributed by atoms with Crippen LogP contribution in [0.25, 0.3) is 11.0 Å². The van der Waals surface area contributed by atoms with Crippen LogP contribution < -0.4 is 0 Å². The van der Waals surface area contributed by atoms with E-state index in [1.165, 1.54) is 22.3 Å². The van der Waals surface area contributed by atoms with Crippen molar-refractivity contribution in [1.82, 2.24) is 14.5 Å². The van der Waals surface area contributed by atoms with Gasteiger partial charge in [0.1, 0.15) is 5.01 Å². The molecule has 1 aromatic carbocycles. The first kappa shape index (κ1) is 14.8. The predicted molar refractivity (Wildman–Crippen MR) is 93.3 cm³/mol. The lowest BCUT2D eigenvalue weighted by atomic mass is 10.1. The molecule has 3 heterocycles. The van der Waals surface area contributed by atoms with Gasteiger partial charge in [-0.2, -0.15) is 0 Å². The molecule has 0 N–H and O–H groups in total. The summed E-state index contributed by atoms with van der Waals surface area (Å²) in [6, 6.07) is 4.59. The lowest BCUT2D eigenvalue weighted by molar-refractivity contribution is 0.193. The summed E-state index contributed by atoms with van der Waals surface area (Å²) in [5.74, 6) is 0.469. The highest BCUT2D eigenvalue weighted by Gasteiger charge is 2.22. The molecular weight excluding hydrogens is 306 g/mol. The van der Waals surface area contributed by atoms with Gasteiger partial charge in [-0.1, -0.05) is 0 Å². The van der Waals surface area contributed by atoms with Gasteiger partial charge in [-0.15, -0.1) is 11.3 Å². The average molecular weight is 327 g/mol. The second-order valence-electron chi connectivity index (χ2n) is 6.42. The minimum absolute atomic E-state index is 0.197. The summed E-state index contributed by atoms with van der Waals surface area (Å²) in [6.45, 7) is 8.15. The second kappa shape index (κ2) is 5.73. The molecular formula is C18H21N3OS. The van der Waals surface area contributed by atoms with Gasteiger partial charge in [-0.05, 0) is 50.5 Å². The quantitative estimate of drug-likeness (QED) is 0.723. The van der Waals surface area contributed by atoms with Gasteiger partial charge in [0.2, 0.25) is 0 Å². The summed E-state index contributed by atoms with van der Waals surface area (Å²) < 4.78 is 7.72. The number of hydrogen-bond acceptors (Lipinski definition) is 4. The molecule has 0 unspecified atom stereocenters. The summed E-state index contributed by atoms with van der Waals surface area (Å²) in [4.78, 5) is 9.46. The molecule has 0 saturated carbocycles. The summed E-state index contributed by atoms with van der Waals surface area (Å²) in [6.07, 6.45) is 3.03. The number of rotatable bonds is 3. The third kappa shape index (κ3) is 2.58. The first-order chi connectivity index (χ1) is 11.1. The first-order valence-corrected chi connectivity index (χ1v) is 8.98. The standard InChI is InChI=1S/C18H21N3OS/c1-11-6-15-17(7-12(11)2)21(10-19-15)13(3)18-20-16(9-23-18)14-4-5-22-8-14/h6-7,9-10,13-14H,4-5,8H2,1-3H3/t13-,14+/m1/s1. The van der Waals surface area contributed by atoms with Crippen LogP contribution in [0.4, 0.5) is 0 Å². The summed E-state index contributed by atoms with van der Waals surface area (Å²) in [5.41, 5.74) is 6.01. The molecule has 3 aromatic rings. The zero-order chi connectivity index (χ0) is 16.0. The van der Waals surface area contributed by atoms with E-state index in [1.807, 2.05) is 6.33 Å². The normalized spacial score (nSPS) is 19.5. The van der Waals surface area contributed by atoms with Crippen molar-refractivity contribution in [2.24, 2.45) is 0 Å². The zero-order valence-corrected chi connectivity index (χ0v) is 14.6. The van der Waals surface area contributed by atoms with Gasteiger partial charge in [0.15, 0.2) is 0 Å². The van der Waals surface area contributed by atoms with Crippen LogP contribution in [0.5, 0.6) is 0 Å². The molecule has 23 heavy (non-hydrogen) atoms. The van der Waals surface area contributed by atoms with Gasteiger partial charge >= 0.3 is 0 Å². The largest absolute Gasteiger partial charge is 0.381 e. The van der Waals surface area contributed by atoms with E-state index < -0.39 is 0 Å². The highest BCUT2D eigenvalue weighted by molar-refractivity contribution is 7.09. The van der Waals surface area contributed by atoms with Crippen molar-refractivity contribution >= 4 is 22.4 Å².